The van der Waals surface area contributed by atoms with Gasteiger partial charge in [-0.3, -0.25) is 4.79 Å². The van der Waals surface area contributed by atoms with Gasteiger partial charge in [-0.2, -0.15) is 0 Å². The second-order valence-electron chi connectivity index (χ2n) is 6.88. The highest BCUT2D eigenvalue weighted by Crippen LogP contribution is 2.21. The first-order valence-electron chi connectivity index (χ1n) is 9.48. The van der Waals surface area contributed by atoms with E-state index in [4.69, 9.17) is 0 Å². The Bertz CT molecular complexity index is 923. The van der Waals surface area contributed by atoms with Crippen molar-refractivity contribution in [3.05, 3.63) is 48.5 Å². The summed E-state index contributed by atoms with van der Waals surface area (Å²) in [6.07, 6.45) is 5.61. The summed E-state index contributed by atoms with van der Waals surface area (Å²) in [4.78, 5) is 27.6. The molecule has 0 aliphatic carbocycles. The number of carbonyl (C=O) groups excluding carboxylic acids is 1. The van der Waals surface area contributed by atoms with Crippen molar-refractivity contribution in [2.24, 2.45) is 0 Å². The second kappa shape index (κ2) is 7.73. The molecule has 3 aromatic rings. The number of imidazole rings is 1. The molecule has 4 rings (SSSR count). The molecule has 1 aliphatic rings. The molecule has 140 valence electrons. The lowest BCUT2D eigenvalue weighted by atomic mass is 10.1. The van der Waals surface area contributed by atoms with Gasteiger partial charge in [0.2, 0.25) is 5.91 Å². The summed E-state index contributed by atoms with van der Waals surface area (Å²) in [5, 5.41) is 3.46. The first-order chi connectivity index (χ1) is 13.2. The van der Waals surface area contributed by atoms with Gasteiger partial charge in [-0.15, -0.1) is 0 Å². The monoisotopic (exact) mass is 364 g/mol. The zero-order valence-corrected chi connectivity index (χ0v) is 15.5. The molecule has 7 heteroatoms. The van der Waals surface area contributed by atoms with Crippen LogP contribution in [0.1, 0.15) is 25.3 Å². The third-order valence-electron chi connectivity index (χ3n) is 5.09. The van der Waals surface area contributed by atoms with Crippen LogP contribution in [0.15, 0.2) is 43.0 Å². The van der Waals surface area contributed by atoms with Gasteiger partial charge in [0.1, 0.15) is 11.8 Å². The molecule has 1 amide bonds. The minimum Gasteiger partial charge on any atom is -0.364 e. The number of nitrogens with one attached hydrogen (secondary N) is 1. The number of hydrogen-bond acceptors (Lipinski definition) is 5. The van der Waals surface area contributed by atoms with Crippen LogP contribution in [0, 0.1) is 0 Å². The fourth-order valence-electron chi connectivity index (χ4n) is 3.57. The predicted molar refractivity (Wildman–Crippen MR) is 104 cm³/mol. The number of benzene rings is 1. The molecule has 1 aromatic carbocycles. The molecule has 0 radical (unpaired) electrons. The second-order valence-corrected chi connectivity index (χ2v) is 6.88. The van der Waals surface area contributed by atoms with Gasteiger partial charge in [0.05, 0.1) is 6.33 Å². The Balaban J connectivity index is 1.36. The van der Waals surface area contributed by atoms with Crippen LogP contribution in [0.5, 0.6) is 0 Å². The van der Waals surface area contributed by atoms with Crippen molar-refractivity contribution >= 4 is 22.9 Å². The molecule has 3 heterocycles. The summed E-state index contributed by atoms with van der Waals surface area (Å²) in [5.74, 6) is 0.960. The van der Waals surface area contributed by atoms with Gasteiger partial charge in [0.25, 0.3) is 0 Å². The number of carbonyl (C=O) groups is 1. The van der Waals surface area contributed by atoms with E-state index >= 15 is 0 Å². The van der Waals surface area contributed by atoms with Gasteiger partial charge in [0.15, 0.2) is 11.5 Å². The van der Waals surface area contributed by atoms with Crippen molar-refractivity contribution in [3.63, 3.8) is 0 Å². The van der Waals surface area contributed by atoms with E-state index in [1.807, 2.05) is 27.7 Å². The van der Waals surface area contributed by atoms with Crippen LogP contribution >= 0.6 is 0 Å². The van der Waals surface area contributed by atoms with Crippen LogP contribution < -0.4 is 5.32 Å². The van der Waals surface area contributed by atoms with E-state index in [-0.39, 0.29) is 11.9 Å². The maximum absolute atomic E-state index is 12.5. The smallest absolute Gasteiger partial charge is 0.222 e. The number of anilines is 1. The van der Waals surface area contributed by atoms with Crippen LogP contribution in [-0.4, -0.2) is 49.5 Å². The number of rotatable bonds is 6. The molecular weight excluding hydrogens is 340 g/mol. The van der Waals surface area contributed by atoms with Crippen LogP contribution in [0.25, 0.3) is 11.2 Å². The Labute approximate surface area is 158 Å². The molecule has 0 spiro atoms. The number of fused-ring (bicyclic) bond motifs is 1. The summed E-state index contributed by atoms with van der Waals surface area (Å²) >= 11 is 0. The van der Waals surface area contributed by atoms with Gasteiger partial charge < -0.3 is 14.8 Å². The fraction of sp³-hybridized carbons (Fsp3) is 0.400. The van der Waals surface area contributed by atoms with Gasteiger partial charge in [0, 0.05) is 32.1 Å². The predicted octanol–water partition coefficient (Wildman–Crippen LogP) is 2.49. The topological polar surface area (TPSA) is 75.9 Å². The number of nitrogens with zero attached hydrogens (tertiary/aromatic N) is 5. The summed E-state index contributed by atoms with van der Waals surface area (Å²) in [7, 11) is 0. The molecule has 1 N–H and O–H groups in total. The Morgan fingerprint density at radius 1 is 1.22 bits per heavy atom. The van der Waals surface area contributed by atoms with Crippen LogP contribution in [0.4, 0.5) is 5.82 Å². The van der Waals surface area contributed by atoms with E-state index in [2.05, 4.69) is 39.3 Å². The van der Waals surface area contributed by atoms with E-state index in [1.54, 1.807) is 12.7 Å². The minimum atomic E-state index is 0.190. The Hall–Kier alpha value is -2.96. The molecule has 2 aromatic heterocycles. The standard InChI is InChI=1S/C20H24N6O/c1-2-25-14-23-18-19(21-13-22-20(18)25)24-16-10-11-26(12-16)17(27)9-8-15-6-4-3-5-7-15/h3-7,13-14,16H,2,8-12H2,1H3,(H,21,22,24). The van der Waals surface area contributed by atoms with E-state index in [1.165, 1.54) is 5.56 Å². The average Bonchev–Trinajstić information content (AvgIpc) is 3.34. The largest absolute Gasteiger partial charge is 0.364 e. The number of amides is 1. The third kappa shape index (κ3) is 3.77. The lowest BCUT2D eigenvalue weighted by Crippen LogP contribution is -2.31. The highest BCUT2D eigenvalue weighted by molar-refractivity contribution is 5.83. The molecule has 27 heavy (non-hydrogen) atoms. The van der Waals surface area contributed by atoms with Crippen LogP contribution in [0.2, 0.25) is 0 Å². The number of aromatic nitrogens is 4. The van der Waals surface area contributed by atoms with E-state index in [0.29, 0.717) is 13.0 Å². The molecule has 1 unspecified atom stereocenters. The van der Waals surface area contributed by atoms with Crippen molar-refractivity contribution in [2.75, 3.05) is 18.4 Å². The molecule has 1 saturated heterocycles. The zero-order chi connectivity index (χ0) is 18.6. The molecule has 1 atom stereocenters. The quantitative estimate of drug-likeness (QED) is 0.727. The van der Waals surface area contributed by atoms with Crippen molar-refractivity contribution in [3.8, 4) is 0 Å². The van der Waals surface area contributed by atoms with Gasteiger partial charge in [-0.25, -0.2) is 15.0 Å². The van der Waals surface area contributed by atoms with Crippen LogP contribution in [0.3, 0.4) is 0 Å². The van der Waals surface area contributed by atoms with Crippen molar-refractivity contribution in [2.45, 2.75) is 38.8 Å². The van der Waals surface area contributed by atoms with Crippen molar-refractivity contribution < 1.29 is 4.79 Å². The Kier molecular flexibility index (Phi) is 5.00. The maximum atomic E-state index is 12.5. The summed E-state index contributed by atoms with van der Waals surface area (Å²) in [5.41, 5.74) is 2.83. The average molecular weight is 364 g/mol. The maximum Gasteiger partial charge on any atom is 0.222 e. The van der Waals surface area contributed by atoms with Gasteiger partial charge >= 0.3 is 0 Å². The number of aryl methyl sites for hydroxylation is 2. The molecule has 1 fully saturated rings. The highest BCUT2D eigenvalue weighted by Gasteiger charge is 2.26. The molecule has 1 aliphatic heterocycles. The molecule has 0 saturated carbocycles. The van der Waals surface area contributed by atoms with Gasteiger partial charge in [-0.1, -0.05) is 30.3 Å². The van der Waals surface area contributed by atoms with E-state index in [9.17, 15) is 4.79 Å². The summed E-state index contributed by atoms with van der Waals surface area (Å²) in [6.45, 7) is 4.36. The minimum absolute atomic E-state index is 0.190. The molecule has 0 bridgehead atoms. The van der Waals surface area contributed by atoms with Crippen molar-refractivity contribution in [1.29, 1.82) is 0 Å². The van der Waals surface area contributed by atoms with E-state index in [0.717, 1.165) is 42.9 Å². The first kappa shape index (κ1) is 17.5. The zero-order valence-electron chi connectivity index (χ0n) is 15.5. The van der Waals surface area contributed by atoms with Crippen molar-refractivity contribution in [1.82, 2.24) is 24.4 Å². The molecular formula is C20H24N6O. The number of likely N-dealkylation sites (tertiary alicyclic amines) is 1. The third-order valence-corrected chi connectivity index (χ3v) is 5.09. The Morgan fingerprint density at radius 2 is 2.07 bits per heavy atom. The lowest BCUT2D eigenvalue weighted by Gasteiger charge is -2.17. The normalized spacial score (nSPS) is 16.8. The highest BCUT2D eigenvalue weighted by atomic mass is 16.2. The fourth-order valence-corrected chi connectivity index (χ4v) is 3.57. The van der Waals surface area contributed by atoms with E-state index < -0.39 is 0 Å². The molecule has 7 nitrogen and oxygen atoms in total. The van der Waals surface area contributed by atoms with Gasteiger partial charge in [-0.05, 0) is 25.3 Å². The first-order valence-corrected chi connectivity index (χ1v) is 9.48. The summed E-state index contributed by atoms with van der Waals surface area (Å²) in [6, 6.07) is 10.3. The number of hydrogen-bond donors (Lipinski definition) is 1. The Morgan fingerprint density at radius 3 is 2.89 bits per heavy atom. The summed E-state index contributed by atoms with van der Waals surface area (Å²) < 4.78 is 2.00. The lowest BCUT2D eigenvalue weighted by molar-refractivity contribution is -0.130. The SMILES string of the molecule is CCn1cnc2c(NC3CCN(C(=O)CCc4ccccc4)C3)ncnc21. The van der Waals surface area contributed by atoms with Crippen LogP contribution in [-0.2, 0) is 17.8 Å².